The standard InChI is InChI=1S/C29H41N5O4/c1-27(2,3)20-16-19(17-23(26(20)36)34-30-21-10-8-9-11-22(21)31-34)12-13-25(35)38-15-14-24-29(6,7)32-28(4,5)18-33(24)37/h8-11,16-17,24,32,36-37H,12-15,18H2,1-7H3. The Morgan fingerprint density at radius 2 is 1.76 bits per heavy atom. The van der Waals surface area contributed by atoms with E-state index in [1.54, 1.807) is 0 Å². The highest BCUT2D eigenvalue weighted by atomic mass is 16.5. The Labute approximate surface area is 224 Å². The fraction of sp³-hybridized carbons (Fsp3) is 0.552. The summed E-state index contributed by atoms with van der Waals surface area (Å²) in [6.07, 6.45) is 1.17. The van der Waals surface area contributed by atoms with Gasteiger partial charge in [-0.3, -0.25) is 4.79 Å². The zero-order valence-corrected chi connectivity index (χ0v) is 23.6. The number of phenols is 1. The first-order chi connectivity index (χ1) is 17.7. The molecular formula is C29H41N5O4. The molecule has 0 radical (unpaired) electrons. The van der Waals surface area contributed by atoms with Crippen molar-refractivity contribution >= 4 is 17.0 Å². The lowest BCUT2D eigenvalue weighted by molar-refractivity contribution is -0.189. The number of aromatic nitrogens is 3. The first-order valence-corrected chi connectivity index (χ1v) is 13.3. The SMILES string of the molecule is CC1(C)CN(O)C(CCOC(=O)CCc2cc(-n3nc4ccccc4n3)c(O)c(C(C)(C)C)c2)C(C)(C)N1. The van der Waals surface area contributed by atoms with Crippen LogP contribution in [0.1, 0.15) is 72.4 Å². The summed E-state index contributed by atoms with van der Waals surface area (Å²) in [6.45, 7) is 15.0. The number of aryl methyl sites for hydroxylation is 1. The zero-order valence-electron chi connectivity index (χ0n) is 23.6. The summed E-state index contributed by atoms with van der Waals surface area (Å²) in [4.78, 5) is 14.1. The predicted octanol–water partition coefficient (Wildman–Crippen LogP) is 4.51. The number of phenolic OH excluding ortho intramolecular Hbond substituents is 1. The lowest BCUT2D eigenvalue weighted by Crippen LogP contribution is -2.71. The van der Waals surface area contributed by atoms with E-state index in [1.807, 2.05) is 57.2 Å². The molecule has 0 aliphatic carbocycles. The number of benzene rings is 2. The highest BCUT2D eigenvalue weighted by Gasteiger charge is 2.44. The molecule has 0 spiro atoms. The summed E-state index contributed by atoms with van der Waals surface area (Å²) in [5.74, 6) is -0.171. The van der Waals surface area contributed by atoms with Crippen LogP contribution in [0.4, 0.5) is 0 Å². The van der Waals surface area contributed by atoms with Gasteiger partial charge in [0.1, 0.15) is 22.5 Å². The van der Waals surface area contributed by atoms with Crippen molar-refractivity contribution in [2.75, 3.05) is 13.2 Å². The van der Waals surface area contributed by atoms with Gasteiger partial charge in [-0.1, -0.05) is 39.0 Å². The molecule has 1 aliphatic rings. The average Bonchev–Trinajstić information content (AvgIpc) is 3.22. The molecule has 0 amide bonds. The van der Waals surface area contributed by atoms with Gasteiger partial charge in [-0.05, 0) is 63.3 Å². The van der Waals surface area contributed by atoms with Crippen LogP contribution in [0.3, 0.4) is 0 Å². The van der Waals surface area contributed by atoms with Crippen LogP contribution in [0.5, 0.6) is 5.75 Å². The van der Waals surface area contributed by atoms with E-state index >= 15 is 0 Å². The number of hydroxylamine groups is 2. The summed E-state index contributed by atoms with van der Waals surface area (Å²) >= 11 is 0. The van der Waals surface area contributed by atoms with E-state index in [-0.39, 0.29) is 47.3 Å². The Hall–Kier alpha value is -3.01. The maximum absolute atomic E-state index is 12.6. The van der Waals surface area contributed by atoms with E-state index in [4.69, 9.17) is 4.74 Å². The van der Waals surface area contributed by atoms with Crippen molar-refractivity contribution in [3.05, 3.63) is 47.5 Å². The first-order valence-electron chi connectivity index (χ1n) is 13.3. The molecule has 1 aromatic heterocycles. The Balaban J connectivity index is 1.44. The molecule has 1 fully saturated rings. The summed E-state index contributed by atoms with van der Waals surface area (Å²) in [5.41, 5.74) is 2.74. The topological polar surface area (TPSA) is 113 Å². The number of ether oxygens (including phenoxy) is 1. The van der Waals surface area contributed by atoms with Crippen LogP contribution in [0.15, 0.2) is 36.4 Å². The monoisotopic (exact) mass is 523 g/mol. The van der Waals surface area contributed by atoms with Crippen molar-refractivity contribution in [3.63, 3.8) is 0 Å². The molecule has 0 bridgehead atoms. The van der Waals surface area contributed by atoms with Crippen LogP contribution in [0.2, 0.25) is 0 Å². The van der Waals surface area contributed by atoms with Crippen LogP contribution in [0.25, 0.3) is 16.7 Å². The molecule has 2 aromatic carbocycles. The molecule has 2 heterocycles. The second-order valence-corrected chi connectivity index (χ2v) is 12.6. The molecular weight excluding hydrogens is 482 g/mol. The van der Waals surface area contributed by atoms with Crippen LogP contribution in [-0.2, 0) is 21.4 Å². The van der Waals surface area contributed by atoms with E-state index in [2.05, 4.69) is 43.2 Å². The van der Waals surface area contributed by atoms with Crippen molar-refractivity contribution in [2.24, 2.45) is 0 Å². The van der Waals surface area contributed by atoms with Crippen LogP contribution in [-0.4, -0.2) is 66.6 Å². The largest absolute Gasteiger partial charge is 0.505 e. The fourth-order valence-electron chi connectivity index (χ4n) is 5.51. The molecule has 3 N–H and O–H groups in total. The van der Waals surface area contributed by atoms with Crippen molar-refractivity contribution in [2.45, 2.75) is 90.3 Å². The molecule has 0 saturated carbocycles. The van der Waals surface area contributed by atoms with Gasteiger partial charge in [-0.15, -0.1) is 15.0 Å². The molecule has 1 unspecified atom stereocenters. The van der Waals surface area contributed by atoms with Gasteiger partial charge in [0.05, 0.1) is 12.6 Å². The highest BCUT2D eigenvalue weighted by molar-refractivity contribution is 5.74. The highest BCUT2D eigenvalue weighted by Crippen LogP contribution is 2.36. The quantitative estimate of drug-likeness (QED) is 0.388. The number of esters is 1. The number of aromatic hydroxyl groups is 1. The number of fused-ring (bicyclic) bond motifs is 1. The number of nitrogens with zero attached hydrogens (tertiary/aromatic N) is 4. The second-order valence-electron chi connectivity index (χ2n) is 12.6. The Morgan fingerprint density at radius 1 is 1.13 bits per heavy atom. The summed E-state index contributed by atoms with van der Waals surface area (Å²) in [5, 5.41) is 35.7. The summed E-state index contributed by atoms with van der Waals surface area (Å²) < 4.78 is 5.55. The molecule has 4 rings (SSSR count). The Morgan fingerprint density at radius 3 is 2.34 bits per heavy atom. The number of piperazine rings is 1. The Kier molecular flexibility index (Phi) is 7.58. The lowest BCUT2D eigenvalue weighted by Gasteiger charge is -2.51. The fourth-order valence-corrected chi connectivity index (χ4v) is 5.51. The predicted molar refractivity (Wildman–Crippen MR) is 147 cm³/mol. The third kappa shape index (κ3) is 6.17. The van der Waals surface area contributed by atoms with E-state index in [0.29, 0.717) is 25.1 Å². The van der Waals surface area contributed by atoms with E-state index in [0.717, 1.165) is 22.2 Å². The van der Waals surface area contributed by atoms with Crippen molar-refractivity contribution in [1.29, 1.82) is 0 Å². The molecule has 1 aliphatic heterocycles. The summed E-state index contributed by atoms with van der Waals surface area (Å²) in [7, 11) is 0. The number of hydrogen-bond acceptors (Lipinski definition) is 8. The number of carbonyl (C=O) groups is 1. The number of hydrogen-bond donors (Lipinski definition) is 3. The van der Waals surface area contributed by atoms with Gasteiger partial charge in [0, 0.05) is 36.0 Å². The number of carbonyl (C=O) groups excluding carboxylic acids is 1. The molecule has 1 atom stereocenters. The van der Waals surface area contributed by atoms with E-state index < -0.39 is 0 Å². The molecule has 1 saturated heterocycles. The minimum Gasteiger partial charge on any atom is -0.505 e. The van der Waals surface area contributed by atoms with Gasteiger partial charge >= 0.3 is 5.97 Å². The van der Waals surface area contributed by atoms with Crippen molar-refractivity contribution in [3.8, 4) is 11.4 Å². The third-order valence-corrected chi connectivity index (χ3v) is 7.14. The number of rotatable bonds is 7. The number of nitrogens with one attached hydrogen (secondary N) is 1. The van der Waals surface area contributed by atoms with Crippen LogP contribution >= 0.6 is 0 Å². The zero-order chi connectivity index (χ0) is 27.9. The normalized spacial score (nSPS) is 19.5. The van der Waals surface area contributed by atoms with Gasteiger partial charge in [-0.2, -0.15) is 5.06 Å². The van der Waals surface area contributed by atoms with Crippen molar-refractivity contribution in [1.82, 2.24) is 25.4 Å². The second kappa shape index (κ2) is 10.3. The first kappa shape index (κ1) is 28.0. The van der Waals surface area contributed by atoms with E-state index in [1.165, 1.54) is 9.86 Å². The van der Waals surface area contributed by atoms with Gasteiger partial charge in [0.15, 0.2) is 0 Å². The van der Waals surface area contributed by atoms with E-state index in [9.17, 15) is 15.1 Å². The minimum atomic E-state index is -0.333. The molecule has 3 aromatic rings. The minimum absolute atomic E-state index is 0.129. The molecule has 9 heteroatoms. The van der Waals surface area contributed by atoms with Gasteiger partial charge in [0.25, 0.3) is 0 Å². The Bertz CT molecular complexity index is 1280. The maximum atomic E-state index is 12.6. The van der Waals surface area contributed by atoms with Crippen LogP contribution in [0, 0.1) is 0 Å². The average molecular weight is 524 g/mol. The van der Waals surface area contributed by atoms with Gasteiger partial charge in [0.2, 0.25) is 0 Å². The molecule has 206 valence electrons. The molecule has 38 heavy (non-hydrogen) atoms. The lowest BCUT2D eigenvalue weighted by atomic mass is 9.84. The maximum Gasteiger partial charge on any atom is 0.306 e. The smallest absolute Gasteiger partial charge is 0.306 e. The third-order valence-electron chi connectivity index (χ3n) is 7.14. The summed E-state index contributed by atoms with van der Waals surface area (Å²) in [6, 6.07) is 11.1. The van der Waals surface area contributed by atoms with Crippen LogP contribution < -0.4 is 5.32 Å². The van der Waals surface area contributed by atoms with Crippen molar-refractivity contribution < 1.29 is 19.8 Å². The van der Waals surface area contributed by atoms with Gasteiger partial charge in [-0.25, -0.2) is 0 Å². The molecule has 9 nitrogen and oxygen atoms in total. The van der Waals surface area contributed by atoms with Gasteiger partial charge < -0.3 is 20.4 Å².